The van der Waals surface area contributed by atoms with Gasteiger partial charge in [-0.1, -0.05) is 83.1 Å². The van der Waals surface area contributed by atoms with E-state index < -0.39 is 0 Å². The van der Waals surface area contributed by atoms with Crippen molar-refractivity contribution in [1.82, 2.24) is 0 Å². The molecule has 0 aliphatic carbocycles. The van der Waals surface area contributed by atoms with E-state index in [4.69, 9.17) is 9.47 Å². The second-order valence-electron chi connectivity index (χ2n) is 10.1. The van der Waals surface area contributed by atoms with Crippen molar-refractivity contribution in [3.05, 3.63) is 71.8 Å². The van der Waals surface area contributed by atoms with Gasteiger partial charge in [0.1, 0.15) is 0 Å². The lowest BCUT2D eigenvalue weighted by atomic mass is 10.1. The normalized spacial score (nSPS) is 10.9. The van der Waals surface area contributed by atoms with E-state index in [9.17, 15) is 19.8 Å². The fraction of sp³-hybridized carbons (Fsp3) is 0.486. The minimum Gasteiger partial charge on any atom is -0.504 e. The van der Waals surface area contributed by atoms with Gasteiger partial charge >= 0.3 is 0 Å². The Hall–Kier alpha value is -3.54. The molecule has 0 saturated carbocycles. The molecule has 0 radical (unpaired) electrons. The Labute approximate surface area is 247 Å². The van der Waals surface area contributed by atoms with Crippen LogP contribution in [0.25, 0.3) is 0 Å². The fourth-order valence-corrected chi connectivity index (χ4v) is 4.15. The molecule has 226 valence electrons. The molecular formula is C35H50O6. The zero-order valence-corrected chi connectivity index (χ0v) is 25.5. The molecule has 0 bridgehead atoms. The summed E-state index contributed by atoms with van der Waals surface area (Å²) in [5.41, 5.74) is 2.02. The molecule has 0 aliphatic rings. The third-order valence-corrected chi connectivity index (χ3v) is 6.61. The molecule has 2 N–H and O–H groups in total. The number of ketones is 2. The average Bonchev–Trinajstić information content (AvgIpc) is 2.97. The molecule has 6 heteroatoms. The third kappa shape index (κ3) is 16.3. The molecule has 41 heavy (non-hydrogen) atoms. The predicted octanol–water partition coefficient (Wildman–Crippen LogP) is 8.47. The van der Waals surface area contributed by atoms with Crippen LogP contribution in [0.4, 0.5) is 0 Å². The van der Waals surface area contributed by atoms with Crippen molar-refractivity contribution in [2.75, 3.05) is 14.2 Å². The van der Waals surface area contributed by atoms with E-state index in [1.807, 2.05) is 24.3 Å². The Bertz CT molecular complexity index is 1090. The van der Waals surface area contributed by atoms with Crippen LogP contribution in [0, 0.1) is 0 Å². The molecular weight excluding hydrogens is 516 g/mol. The van der Waals surface area contributed by atoms with Crippen molar-refractivity contribution in [3.63, 3.8) is 0 Å². The van der Waals surface area contributed by atoms with Crippen LogP contribution in [0.2, 0.25) is 0 Å². The topological polar surface area (TPSA) is 93.1 Å². The zero-order valence-electron chi connectivity index (χ0n) is 25.5. The van der Waals surface area contributed by atoms with Crippen LogP contribution in [-0.4, -0.2) is 36.0 Å². The number of rotatable bonds is 19. The van der Waals surface area contributed by atoms with E-state index in [1.165, 1.54) is 46.3 Å². The number of carbonyl (C=O) groups is 2. The monoisotopic (exact) mass is 566 g/mol. The number of methoxy groups -OCH3 is 2. The first kappa shape index (κ1) is 35.5. The molecule has 6 nitrogen and oxygen atoms in total. The first-order valence-electron chi connectivity index (χ1n) is 14.9. The molecule has 0 fully saturated rings. The largest absolute Gasteiger partial charge is 0.504 e. The minimum absolute atomic E-state index is 0.132. The van der Waals surface area contributed by atoms with E-state index in [1.54, 1.807) is 36.4 Å². The summed E-state index contributed by atoms with van der Waals surface area (Å²) in [7, 11) is 3.05. The summed E-state index contributed by atoms with van der Waals surface area (Å²) in [5, 5.41) is 19.0. The van der Waals surface area contributed by atoms with Crippen molar-refractivity contribution in [1.29, 1.82) is 0 Å². The van der Waals surface area contributed by atoms with E-state index >= 15 is 0 Å². The van der Waals surface area contributed by atoms with Crippen LogP contribution in [0.5, 0.6) is 23.0 Å². The van der Waals surface area contributed by atoms with Crippen LogP contribution >= 0.6 is 0 Å². The van der Waals surface area contributed by atoms with E-state index in [0.717, 1.165) is 36.8 Å². The van der Waals surface area contributed by atoms with Crippen LogP contribution in [0.1, 0.15) is 95.6 Å². The van der Waals surface area contributed by atoms with E-state index in [-0.39, 0.29) is 23.1 Å². The van der Waals surface area contributed by atoms with Crippen molar-refractivity contribution in [2.45, 2.75) is 97.3 Å². The SMILES string of the molecule is CCCCCCC(=O)C=CCc1ccc(O)c(OC)c1.CCCCCCCC(=O)C=CCc1ccc(O)c(OC)c1. The second kappa shape index (κ2) is 22.2. The zero-order chi connectivity index (χ0) is 30.3. The number of aromatic hydroxyl groups is 2. The minimum atomic E-state index is 0.132. The number of carbonyl (C=O) groups excluding carboxylic acids is 2. The maximum Gasteiger partial charge on any atom is 0.160 e. The highest BCUT2D eigenvalue weighted by atomic mass is 16.5. The summed E-state index contributed by atoms with van der Waals surface area (Å²) < 4.78 is 10.1. The van der Waals surface area contributed by atoms with Crippen LogP contribution in [0.3, 0.4) is 0 Å². The molecule has 0 spiro atoms. The Balaban J connectivity index is 0.000000410. The van der Waals surface area contributed by atoms with Crippen molar-refractivity contribution in [2.24, 2.45) is 0 Å². The number of benzene rings is 2. The van der Waals surface area contributed by atoms with Crippen LogP contribution in [-0.2, 0) is 22.4 Å². The molecule has 0 saturated heterocycles. The number of ether oxygens (including phenoxy) is 2. The lowest BCUT2D eigenvalue weighted by Gasteiger charge is -2.04. The highest BCUT2D eigenvalue weighted by Gasteiger charge is 2.03. The van der Waals surface area contributed by atoms with Crippen molar-refractivity contribution >= 4 is 11.6 Å². The van der Waals surface area contributed by atoms with Gasteiger partial charge in [-0.3, -0.25) is 9.59 Å². The van der Waals surface area contributed by atoms with Gasteiger partial charge in [0.2, 0.25) is 0 Å². The van der Waals surface area contributed by atoms with Gasteiger partial charge in [-0.2, -0.15) is 0 Å². The smallest absolute Gasteiger partial charge is 0.160 e. The molecule has 0 heterocycles. The van der Waals surface area contributed by atoms with Crippen molar-refractivity contribution in [3.8, 4) is 23.0 Å². The molecule has 0 atom stereocenters. The average molecular weight is 567 g/mol. The molecule has 0 aromatic heterocycles. The summed E-state index contributed by atoms with van der Waals surface area (Å²) in [5.74, 6) is 1.56. The number of phenolic OH excluding ortho intramolecular Hbond substituents is 2. The lowest BCUT2D eigenvalue weighted by molar-refractivity contribution is -0.115. The number of hydrogen-bond donors (Lipinski definition) is 2. The maximum absolute atomic E-state index is 11.7. The molecule has 0 unspecified atom stereocenters. The second-order valence-corrected chi connectivity index (χ2v) is 10.1. The molecule has 2 rings (SSSR count). The van der Waals surface area contributed by atoms with E-state index in [0.29, 0.717) is 37.2 Å². The van der Waals surface area contributed by atoms with Gasteiger partial charge in [0, 0.05) is 12.8 Å². The molecule has 0 aliphatic heterocycles. The van der Waals surface area contributed by atoms with Gasteiger partial charge in [-0.05, 0) is 73.2 Å². The summed E-state index contributed by atoms with van der Waals surface area (Å²) in [4.78, 5) is 23.3. The van der Waals surface area contributed by atoms with E-state index in [2.05, 4.69) is 13.8 Å². The van der Waals surface area contributed by atoms with Gasteiger partial charge in [0.05, 0.1) is 14.2 Å². The number of allylic oxidation sites excluding steroid dienone is 4. The first-order chi connectivity index (χ1) is 19.8. The molecule has 0 amide bonds. The number of phenols is 2. The maximum atomic E-state index is 11.7. The summed E-state index contributed by atoms with van der Waals surface area (Å²) in [6.07, 6.45) is 20.0. The van der Waals surface area contributed by atoms with Gasteiger partial charge in [-0.25, -0.2) is 0 Å². The highest BCUT2D eigenvalue weighted by Crippen LogP contribution is 2.27. The van der Waals surface area contributed by atoms with Crippen LogP contribution in [0.15, 0.2) is 60.7 Å². The Morgan fingerprint density at radius 1 is 0.634 bits per heavy atom. The standard InChI is InChI=1S/C18H26O3.C17H24O3/c1-3-4-5-6-7-10-16(19)11-8-9-15-12-13-17(20)18(14-15)21-2;1-3-4-5-6-9-15(18)10-7-8-14-11-12-16(19)17(13-14)20-2/h8,11-14,20H,3-7,9-10H2,1-2H3;7,10-13,19H,3-6,8-9H2,1-2H3. The molecule has 2 aromatic carbocycles. The fourth-order valence-electron chi connectivity index (χ4n) is 4.15. The molecule has 2 aromatic rings. The Kier molecular flexibility index (Phi) is 19.2. The summed E-state index contributed by atoms with van der Waals surface area (Å²) in [6.45, 7) is 4.35. The lowest BCUT2D eigenvalue weighted by Crippen LogP contribution is -1.93. The quantitative estimate of drug-likeness (QED) is 0.131. The Morgan fingerprint density at radius 3 is 1.41 bits per heavy atom. The number of unbranched alkanes of at least 4 members (excludes halogenated alkanes) is 7. The van der Waals surface area contributed by atoms with Gasteiger partial charge in [0.15, 0.2) is 34.6 Å². The first-order valence-corrected chi connectivity index (χ1v) is 14.9. The summed E-state index contributed by atoms with van der Waals surface area (Å²) in [6, 6.07) is 10.4. The number of hydrogen-bond acceptors (Lipinski definition) is 6. The van der Waals surface area contributed by atoms with Gasteiger partial charge < -0.3 is 19.7 Å². The van der Waals surface area contributed by atoms with Gasteiger partial charge in [0.25, 0.3) is 0 Å². The van der Waals surface area contributed by atoms with Crippen LogP contribution < -0.4 is 9.47 Å². The van der Waals surface area contributed by atoms with Crippen molar-refractivity contribution < 1.29 is 29.3 Å². The highest BCUT2D eigenvalue weighted by molar-refractivity contribution is 5.89. The Morgan fingerprint density at radius 2 is 1.02 bits per heavy atom. The predicted molar refractivity (Wildman–Crippen MR) is 167 cm³/mol. The van der Waals surface area contributed by atoms with Gasteiger partial charge in [-0.15, -0.1) is 0 Å². The summed E-state index contributed by atoms with van der Waals surface area (Å²) >= 11 is 0. The third-order valence-electron chi connectivity index (χ3n) is 6.61.